The Balaban J connectivity index is 2.83. The zero-order chi connectivity index (χ0) is 10.6. The highest BCUT2D eigenvalue weighted by Gasteiger charge is 2.09. The van der Waals surface area contributed by atoms with Gasteiger partial charge in [0.15, 0.2) is 0 Å². The van der Waals surface area contributed by atoms with Crippen molar-refractivity contribution in [3.8, 4) is 0 Å². The van der Waals surface area contributed by atoms with Crippen LogP contribution in [0.4, 0.5) is 0 Å². The maximum absolute atomic E-state index is 11.5. The lowest BCUT2D eigenvalue weighted by atomic mass is 10.2. The van der Waals surface area contributed by atoms with E-state index in [-0.39, 0.29) is 5.91 Å². The van der Waals surface area contributed by atoms with Gasteiger partial charge < -0.3 is 5.32 Å². The van der Waals surface area contributed by atoms with Gasteiger partial charge in [-0.3, -0.25) is 4.79 Å². The van der Waals surface area contributed by atoms with Crippen molar-refractivity contribution in [2.24, 2.45) is 0 Å². The molecule has 0 aromatic heterocycles. The summed E-state index contributed by atoms with van der Waals surface area (Å²) in [6, 6.07) is 4.80. The van der Waals surface area contributed by atoms with E-state index in [1.165, 1.54) is 0 Å². The summed E-state index contributed by atoms with van der Waals surface area (Å²) in [6.07, 6.45) is 0. The highest BCUT2D eigenvalue weighted by molar-refractivity contribution is 9.09. The molecule has 0 aliphatic carbocycles. The smallest absolute Gasteiger partial charge is 0.252 e. The van der Waals surface area contributed by atoms with Crippen LogP contribution in [-0.4, -0.2) is 17.8 Å². The lowest BCUT2D eigenvalue weighted by Gasteiger charge is -2.05. The Morgan fingerprint density at radius 1 is 1.43 bits per heavy atom. The zero-order valence-electron chi connectivity index (χ0n) is 7.19. The van der Waals surface area contributed by atoms with Crippen LogP contribution >= 0.6 is 39.1 Å². The van der Waals surface area contributed by atoms with Gasteiger partial charge in [-0.1, -0.05) is 39.1 Å². The number of benzene rings is 1. The molecule has 0 atom stereocenters. The van der Waals surface area contributed by atoms with Crippen molar-refractivity contribution in [1.82, 2.24) is 5.32 Å². The van der Waals surface area contributed by atoms with Gasteiger partial charge in [-0.15, -0.1) is 0 Å². The van der Waals surface area contributed by atoms with Gasteiger partial charge in [0.05, 0.1) is 10.6 Å². The molecule has 1 amide bonds. The van der Waals surface area contributed by atoms with Crippen LogP contribution < -0.4 is 5.32 Å². The molecule has 0 radical (unpaired) electrons. The molecule has 1 rings (SSSR count). The van der Waals surface area contributed by atoms with Crippen molar-refractivity contribution in [1.29, 1.82) is 0 Å². The van der Waals surface area contributed by atoms with E-state index in [1.54, 1.807) is 18.2 Å². The number of hydrogen-bond donors (Lipinski definition) is 1. The Bertz CT molecular complexity index is 344. The topological polar surface area (TPSA) is 29.1 Å². The second-order valence-electron chi connectivity index (χ2n) is 2.57. The standard InChI is InChI=1S/C9H8BrCl2NO/c10-3-4-13-9(14)7-5-6(11)1-2-8(7)12/h1-2,5H,3-4H2,(H,13,14). The molecular weight excluding hydrogens is 289 g/mol. The number of amides is 1. The summed E-state index contributed by atoms with van der Waals surface area (Å²) in [4.78, 5) is 11.5. The Labute approximate surface area is 101 Å². The van der Waals surface area contributed by atoms with Crippen LogP contribution in [-0.2, 0) is 0 Å². The summed E-state index contributed by atoms with van der Waals surface area (Å²) in [5, 5.41) is 4.30. The van der Waals surface area contributed by atoms with Crippen molar-refractivity contribution >= 4 is 45.0 Å². The predicted molar refractivity (Wildman–Crippen MR) is 62.6 cm³/mol. The molecule has 1 aromatic rings. The quantitative estimate of drug-likeness (QED) is 0.853. The first-order chi connectivity index (χ1) is 6.65. The Kier molecular flexibility index (Phi) is 4.72. The third-order valence-corrected chi connectivity index (χ3v) is 2.51. The first-order valence-corrected chi connectivity index (χ1v) is 5.82. The second kappa shape index (κ2) is 5.59. The fourth-order valence-corrected chi connectivity index (χ4v) is 1.50. The molecule has 1 N–H and O–H groups in total. The van der Waals surface area contributed by atoms with E-state index in [0.717, 1.165) is 0 Å². The van der Waals surface area contributed by atoms with Gasteiger partial charge in [0.25, 0.3) is 5.91 Å². The van der Waals surface area contributed by atoms with Gasteiger partial charge in [-0.05, 0) is 18.2 Å². The number of rotatable bonds is 3. The lowest BCUT2D eigenvalue weighted by molar-refractivity contribution is 0.0956. The molecule has 2 nitrogen and oxygen atoms in total. The molecule has 1 aromatic carbocycles. The van der Waals surface area contributed by atoms with Crippen LogP contribution in [0.1, 0.15) is 10.4 Å². The van der Waals surface area contributed by atoms with Crippen molar-refractivity contribution in [2.75, 3.05) is 11.9 Å². The third kappa shape index (κ3) is 3.15. The minimum atomic E-state index is -0.211. The molecule has 0 fully saturated rings. The highest BCUT2D eigenvalue weighted by atomic mass is 79.9. The minimum Gasteiger partial charge on any atom is -0.351 e. The molecule has 76 valence electrons. The molecular formula is C9H8BrCl2NO. The van der Waals surface area contributed by atoms with E-state index < -0.39 is 0 Å². The SMILES string of the molecule is O=C(NCCBr)c1cc(Cl)ccc1Cl. The number of alkyl halides is 1. The van der Waals surface area contributed by atoms with Crippen LogP contribution in [0.25, 0.3) is 0 Å². The maximum atomic E-state index is 11.5. The zero-order valence-corrected chi connectivity index (χ0v) is 10.3. The summed E-state index contributed by atoms with van der Waals surface area (Å²) >= 11 is 14.8. The van der Waals surface area contributed by atoms with Crippen molar-refractivity contribution in [2.45, 2.75) is 0 Å². The average Bonchev–Trinajstić information content (AvgIpc) is 2.18. The fraction of sp³-hybridized carbons (Fsp3) is 0.222. The summed E-state index contributed by atoms with van der Waals surface area (Å²) in [6.45, 7) is 0.557. The van der Waals surface area contributed by atoms with Crippen molar-refractivity contribution in [3.05, 3.63) is 33.8 Å². The van der Waals surface area contributed by atoms with Crippen LogP contribution in [0, 0.1) is 0 Å². The van der Waals surface area contributed by atoms with Crippen LogP contribution in [0.15, 0.2) is 18.2 Å². The molecule has 0 saturated heterocycles. The highest BCUT2D eigenvalue weighted by Crippen LogP contribution is 2.20. The summed E-state index contributed by atoms with van der Waals surface area (Å²) in [7, 11) is 0. The van der Waals surface area contributed by atoms with Crippen LogP contribution in [0.2, 0.25) is 10.0 Å². The first-order valence-electron chi connectivity index (χ1n) is 3.94. The van der Waals surface area contributed by atoms with E-state index in [0.29, 0.717) is 27.5 Å². The summed E-state index contributed by atoms with van der Waals surface area (Å²) < 4.78 is 0. The molecule has 14 heavy (non-hydrogen) atoms. The summed E-state index contributed by atoms with van der Waals surface area (Å²) in [5.41, 5.74) is 0.403. The predicted octanol–water partition coefficient (Wildman–Crippen LogP) is 3.12. The molecule has 0 bridgehead atoms. The van der Waals surface area contributed by atoms with Crippen molar-refractivity contribution in [3.63, 3.8) is 0 Å². The molecule has 0 aliphatic heterocycles. The monoisotopic (exact) mass is 295 g/mol. The van der Waals surface area contributed by atoms with Crippen molar-refractivity contribution < 1.29 is 4.79 Å². The fourth-order valence-electron chi connectivity index (χ4n) is 0.928. The van der Waals surface area contributed by atoms with Gasteiger partial charge >= 0.3 is 0 Å². The average molecular weight is 297 g/mol. The normalized spacial score (nSPS) is 9.93. The molecule has 5 heteroatoms. The van der Waals surface area contributed by atoms with Gasteiger partial charge in [0.2, 0.25) is 0 Å². The van der Waals surface area contributed by atoms with E-state index >= 15 is 0 Å². The first kappa shape index (κ1) is 11.8. The van der Waals surface area contributed by atoms with Crippen LogP contribution in [0.5, 0.6) is 0 Å². The lowest BCUT2D eigenvalue weighted by Crippen LogP contribution is -2.25. The number of carbonyl (C=O) groups excluding carboxylic acids is 1. The van der Waals surface area contributed by atoms with E-state index in [2.05, 4.69) is 21.2 Å². The third-order valence-electron chi connectivity index (χ3n) is 1.55. The molecule has 0 saturated carbocycles. The molecule has 0 spiro atoms. The number of halogens is 3. The Morgan fingerprint density at radius 3 is 2.79 bits per heavy atom. The van der Waals surface area contributed by atoms with Gasteiger partial charge in [-0.25, -0.2) is 0 Å². The Morgan fingerprint density at radius 2 is 2.14 bits per heavy atom. The van der Waals surface area contributed by atoms with Gasteiger partial charge in [0, 0.05) is 16.9 Å². The molecule has 0 heterocycles. The van der Waals surface area contributed by atoms with Gasteiger partial charge in [-0.2, -0.15) is 0 Å². The largest absolute Gasteiger partial charge is 0.351 e. The second-order valence-corrected chi connectivity index (χ2v) is 4.21. The Hall–Kier alpha value is -0.250. The number of carbonyl (C=O) groups is 1. The van der Waals surface area contributed by atoms with Crippen LogP contribution in [0.3, 0.4) is 0 Å². The van der Waals surface area contributed by atoms with E-state index in [9.17, 15) is 4.79 Å². The van der Waals surface area contributed by atoms with E-state index in [4.69, 9.17) is 23.2 Å². The van der Waals surface area contributed by atoms with E-state index in [1.807, 2.05) is 0 Å². The maximum Gasteiger partial charge on any atom is 0.252 e. The molecule has 0 aliphatic rings. The minimum absolute atomic E-state index is 0.211. The molecule has 0 unspecified atom stereocenters. The number of hydrogen-bond acceptors (Lipinski definition) is 1. The summed E-state index contributed by atoms with van der Waals surface area (Å²) in [5.74, 6) is -0.211. The van der Waals surface area contributed by atoms with Gasteiger partial charge in [0.1, 0.15) is 0 Å². The number of nitrogens with one attached hydrogen (secondary N) is 1.